The van der Waals surface area contributed by atoms with Crippen molar-refractivity contribution in [2.45, 2.75) is 33.7 Å². The van der Waals surface area contributed by atoms with Crippen LogP contribution >= 0.6 is 0 Å². The zero-order chi connectivity index (χ0) is 16.4. The van der Waals surface area contributed by atoms with Gasteiger partial charge in [0.1, 0.15) is 0 Å². The Hall–Kier alpha value is -1.89. The third-order valence-electron chi connectivity index (χ3n) is 4.44. The summed E-state index contributed by atoms with van der Waals surface area (Å²) in [5.41, 5.74) is 2.56. The molecule has 2 heterocycles. The quantitative estimate of drug-likeness (QED) is 0.884. The highest BCUT2D eigenvalue weighted by Crippen LogP contribution is 2.19. The number of anilines is 1. The van der Waals surface area contributed by atoms with E-state index >= 15 is 0 Å². The maximum Gasteiger partial charge on any atom is 0.241 e. The van der Waals surface area contributed by atoms with Gasteiger partial charge in [-0.15, -0.1) is 0 Å². The number of carbonyl (C=O) groups is 2. The van der Waals surface area contributed by atoms with Crippen molar-refractivity contribution in [1.82, 2.24) is 19.6 Å². The molecule has 1 aliphatic heterocycles. The van der Waals surface area contributed by atoms with Gasteiger partial charge in [-0.1, -0.05) is 0 Å². The van der Waals surface area contributed by atoms with E-state index in [2.05, 4.69) is 15.3 Å². The zero-order valence-electron chi connectivity index (χ0n) is 14.0. The van der Waals surface area contributed by atoms with E-state index in [0.29, 0.717) is 13.1 Å². The van der Waals surface area contributed by atoms with Crippen molar-refractivity contribution < 1.29 is 9.59 Å². The van der Waals surface area contributed by atoms with E-state index in [1.165, 1.54) is 0 Å². The highest BCUT2D eigenvalue weighted by Gasteiger charge is 2.27. The van der Waals surface area contributed by atoms with Gasteiger partial charge in [0.05, 0.1) is 23.1 Å². The van der Waals surface area contributed by atoms with Crippen molar-refractivity contribution in [3.05, 3.63) is 11.4 Å². The lowest BCUT2D eigenvalue weighted by Gasteiger charge is -2.37. The Morgan fingerprint density at radius 1 is 1.18 bits per heavy atom. The number of hydrogen-bond donors (Lipinski definition) is 1. The summed E-state index contributed by atoms with van der Waals surface area (Å²) in [7, 11) is 1.86. The molecule has 2 amide bonds. The van der Waals surface area contributed by atoms with E-state index in [4.69, 9.17) is 0 Å². The van der Waals surface area contributed by atoms with Crippen LogP contribution in [0.15, 0.2) is 0 Å². The minimum atomic E-state index is -0.229. The van der Waals surface area contributed by atoms with Crippen LogP contribution in [0.2, 0.25) is 0 Å². The Labute approximate surface area is 131 Å². The second-order valence-corrected chi connectivity index (χ2v) is 5.88. The molecule has 0 aromatic carbocycles. The maximum atomic E-state index is 12.5. The molecule has 0 unspecified atom stereocenters. The normalized spacial score (nSPS) is 17.4. The third kappa shape index (κ3) is 3.30. The molecule has 122 valence electrons. The molecular formula is C15H25N5O2. The van der Waals surface area contributed by atoms with Crippen molar-refractivity contribution >= 4 is 17.5 Å². The Morgan fingerprint density at radius 2 is 1.77 bits per heavy atom. The molecule has 0 aliphatic carbocycles. The van der Waals surface area contributed by atoms with Gasteiger partial charge < -0.3 is 10.2 Å². The van der Waals surface area contributed by atoms with E-state index in [1.54, 1.807) is 11.6 Å². The smallest absolute Gasteiger partial charge is 0.241 e. The molecule has 1 atom stereocenters. The molecule has 1 saturated heterocycles. The van der Waals surface area contributed by atoms with Crippen LogP contribution in [0.4, 0.5) is 5.69 Å². The number of aromatic nitrogens is 2. The second kappa shape index (κ2) is 6.48. The third-order valence-corrected chi connectivity index (χ3v) is 4.44. The summed E-state index contributed by atoms with van der Waals surface area (Å²) >= 11 is 0. The van der Waals surface area contributed by atoms with Gasteiger partial charge >= 0.3 is 0 Å². The van der Waals surface area contributed by atoms with Gasteiger partial charge in [-0.05, 0) is 20.8 Å². The predicted octanol–water partition coefficient (Wildman–Crippen LogP) is 0.528. The molecule has 1 aliphatic rings. The Balaban J connectivity index is 1.97. The summed E-state index contributed by atoms with van der Waals surface area (Å²) in [5.74, 6) is 0.0637. The van der Waals surface area contributed by atoms with Gasteiger partial charge in [0.2, 0.25) is 11.8 Å². The largest absolute Gasteiger partial charge is 0.340 e. The molecule has 0 radical (unpaired) electrons. The highest BCUT2D eigenvalue weighted by atomic mass is 16.2. The zero-order valence-corrected chi connectivity index (χ0v) is 14.0. The molecular weight excluding hydrogens is 282 g/mol. The number of nitrogens with one attached hydrogen (secondary N) is 1. The minimum absolute atomic E-state index is 0.0320. The van der Waals surface area contributed by atoms with Crippen molar-refractivity contribution in [1.29, 1.82) is 0 Å². The average molecular weight is 307 g/mol. The van der Waals surface area contributed by atoms with E-state index in [9.17, 15) is 9.59 Å². The van der Waals surface area contributed by atoms with Gasteiger partial charge in [-0.25, -0.2) is 0 Å². The second-order valence-electron chi connectivity index (χ2n) is 5.88. The molecule has 1 N–H and O–H groups in total. The Bertz CT molecular complexity index is 573. The number of hydrogen-bond acceptors (Lipinski definition) is 4. The molecule has 0 saturated carbocycles. The summed E-state index contributed by atoms with van der Waals surface area (Å²) in [5, 5.41) is 7.29. The number of rotatable bonds is 3. The van der Waals surface area contributed by atoms with Gasteiger partial charge in [0, 0.05) is 40.2 Å². The topological polar surface area (TPSA) is 70.5 Å². The molecule has 7 heteroatoms. The first-order chi connectivity index (χ1) is 10.3. The first-order valence-corrected chi connectivity index (χ1v) is 7.62. The molecule has 1 aromatic rings. The minimum Gasteiger partial charge on any atom is -0.340 e. The highest BCUT2D eigenvalue weighted by molar-refractivity contribution is 5.95. The van der Waals surface area contributed by atoms with Crippen LogP contribution in [0.1, 0.15) is 25.2 Å². The molecule has 0 spiro atoms. The maximum absolute atomic E-state index is 12.5. The van der Waals surface area contributed by atoms with Crippen molar-refractivity contribution in [2.24, 2.45) is 7.05 Å². The van der Waals surface area contributed by atoms with Crippen molar-refractivity contribution in [2.75, 3.05) is 31.5 Å². The van der Waals surface area contributed by atoms with Crippen LogP contribution in [0.3, 0.4) is 0 Å². The summed E-state index contributed by atoms with van der Waals surface area (Å²) in [4.78, 5) is 27.7. The predicted molar refractivity (Wildman–Crippen MR) is 84.6 cm³/mol. The fraction of sp³-hybridized carbons (Fsp3) is 0.667. The molecule has 7 nitrogen and oxygen atoms in total. The molecule has 0 bridgehead atoms. The first kappa shape index (κ1) is 16.5. The summed E-state index contributed by atoms with van der Waals surface area (Å²) < 4.78 is 1.77. The van der Waals surface area contributed by atoms with E-state index < -0.39 is 0 Å². The lowest BCUT2D eigenvalue weighted by molar-refractivity contribution is -0.131. The number of piperazine rings is 1. The van der Waals surface area contributed by atoms with Crippen LogP contribution in [-0.4, -0.2) is 63.6 Å². The number of nitrogens with zero attached hydrogens (tertiary/aromatic N) is 4. The van der Waals surface area contributed by atoms with Gasteiger partial charge in [-0.3, -0.25) is 19.2 Å². The van der Waals surface area contributed by atoms with Crippen molar-refractivity contribution in [3.8, 4) is 0 Å². The summed E-state index contributed by atoms with van der Waals surface area (Å²) in [6.45, 7) is 10.1. The monoisotopic (exact) mass is 307 g/mol. The SMILES string of the molecule is CC(=O)N1CCN([C@H](C)C(=O)Nc2c(C)nn(C)c2C)CC1. The van der Waals surface area contributed by atoms with E-state index in [0.717, 1.165) is 30.2 Å². The molecule has 1 aromatic heterocycles. The standard InChI is InChI=1S/C15H25N5O2/c1-10-14(11(2)18(5)17-10)16-15(22)12(3)19-6-8-20(9-7-19)13(4)21/h12H,6-9H2,1-5H3,(H,16,22)/t12-/m1/s1. The number of carbonyl (C=O) groups excluding carboxylic acids is 2. The van der Waals surface area contributed by atoms with Crippen LogP contribution in [0.5, 0.6) is 0 Å². The summed E-state index contributed by atoms with van der Waals surface area (Å²) in [6.07, 6.45) is 0. The Morgan fingerprint density at radius 3 is 2.23 bits per heavy atom. The summed E-state index contributed by atoms with van der Waals surface area (Å²) in [6, 6.07) is -0.229. The van der Waals surface area contributed by atoms with Gasteiger partial charge in [-0.2, -0.15) is 5.10 Å². The van der Waals surface area contributed by atoms with E-state index in [-0.39, 0.29) is 17.9 Å². The number of aryl methyl sites for hydroxylation is 2. The molecule has 1 fully saturated rings. The van der Waals surface area contributed by atoms with Crippen LogP contribution in [0.25, 0.3) is 0 Å². The van der Waals surface area contributed by atoms with Gasteiger partial charge in [0.25, 0.3) is 0 Å². The average Bonchev–Trinajstić information content (AvgIpc) is 2.73. The fourth-order valence-corrected chi connectivity index (χ4v) is 2.77. The van der Waals surface area contributed by atoms with E-state index in [1.807, 2.05) is 32.7 Å². The lowest BCUT2D eigenvalue weighted by Crippen LogP contribution is -2.53. The fourth-order valence-electron chi connectivity index (χ4n) is 2.77. The first-order valence-electron chi connectivity index (χ1n) is 7.62. The molecule has 22 heavy (non-hydrogen) atoms. The van der Waals surface area contributed by atoms with Crippen LogP contribution in [-0.2, 0) is 16.6 Å². The van der Waals surface area contributed by atoms with Crippen molar-refractivity contribution in [3.63, 3.8) is 0 Å². The number of amides is 2. The lowest BCUT2D eigenvalue weighted by atomic mass is 10.2. The van der Waals surface area contributed by atoms with Crippen LogP contribution in [0, 0.1) is 13.8 Å². The Kier molecular flexibility index (Phi) is 4.85. The van der Waals surface area contributed by atoms with Gasteiger partial charge in [0.15, 0.2) is 0 Å². The molecule has 2 rings (SSSR count). The van der Waals surface area contributed by atoms with Crippen LogP contribution < -0.4 is 5.32 Å².